The summed E-state index contributed by atoms with van der Waals surface area (Å²) in [4.78, 5) is 0. The summed E-state index contributed by atoms with van der Waals surface area (Å²) in [5.41, 5.74) is 7.42. The van der Waals surface area contributed by atoms with Crippen LogP contribution < -0.4 is 10.5 Å². The summed E-state index contributed by atoms with van der Waals surface area (Å²) in [6, 6.07) is 11.0. The van der Waals surface area contributed by atoms with Gasteiger partial charge in [-0.25, -0.2) is 12.8 Å². The number of nitrogens with two attached hydrogens (primary N) is 1. The van der Waals surface area contributed by atoms with E-state index in [1.807, 2.05) is 13.8 Å². The lowest BCUT2D eigenvalue weighted by atomic mass is 10.0. The van der Waals surface area contributed by atoms with Crippen molar-refractivity contribution in [3.05, 3.63) is 48.3 Å². The van der Waals surface area contributed by atoms with Crippen LogP contribution in [0, 0.1) is 11.7 Å². The van der Waals surface area contributed by atoms with Crippen LogP contribution in [0.5, 0.6) is 0 Å². The molecular formula is C16H19FN2O2S. The second-order valence-corrected chi connectivity index (χ2v) is 7.36. The van der Waals surface area contributed by atoms with Crippen molar-refractivity contribution in [2.45, 2.75) is 13.8 Å². The standard InChI is InChI=1S/C16H19FN2O2S/c1-11(2)10-22(20,21)19-14-6-3-12(4-7-14)15-8-5-13(18)9-16(15)17/h3-9,11,19H,10,18H2,1-2H3. The highest BCUT2D eigenvalue weighted by atomic mass is 32.2. The molecule has 2 aromatic carbocycles. The van der Waals surface area contributed by atoms with E-state index in [0.29, 0.717) is 22.5 Å². The molecule has 3 N–H and O–H groups in total. The number of hydrogen-bond donors (Lipinski definition) is 2. The van der Waals surface area contributed by atoms with Gasteiger partial charge in [0.15, 0.2) is 0 Å². The van der Waals surface area contributed by atoms with E-state index in [4.69, 9.17) is 5.73 Å². The van der Waals surface area contributed by atoms with Gasteiger partial charge in [0.2, 0.25) is 10.0 Å². The number of nitrogens with one attached hydrogen (secondary N) is 1. The van der Waals surface area contributed by atoms with Gasteiger partial charge in [-0.1, -0.05) is 26.0 Å². The van der Waals surface area contributed by atoms with Crippen molar-refractivity contribution in [2.75, 3.05) is 16.2 Å². The Hall–Kier alpha value is -2.08. The van der Waals surface area contributed by atoms with Crippen LogP contribution in [0.15, 0.2) is 42.5 Å². The molecule has 0 unspecified atom stereocenters. The smallest absolute Gasteiger partial charge is 0.232 e. The average Bonchev–Trinajstić information content (AvgIpc) is 2.38. The van der Waals surface area contributed by atoms with Crippen molar-refractivity contribution in [2.24, 2.45) is 5.92 Å². The molecule has 0 aliphatic carbocycles. The minimum absolute atomic E-state index is 0.0423. The number of rotatable bonds is 5. The van der Waals surface area contributed by atoms with Gasteiger partial charge in [0, 0.05) is 16.9 Å². The summed E-state index contributed by atoms with van der Waals surface area (Å²) in [5.74, 6) is -0.310. The fourth-order valence-electron chi connectivity index (χ4n) is 2.14. The first kappa shape index (κ1) is 16.3. The second-order valence-electron chi connectivity index (χ2n) is 5.59. The van der Waals surface area contributed by atoms with Crippen molar-refractivity contribution >= 4 is 21.4 Å². The van der Waals surface area contributed by atoms with E-state index in [0.717, 1.165) is 0 Å². The van der Waals surface area contributed by atoms with Crippen LogP contribution in [0.2, 0.25) is 0 Å². The molecule has 0 saturated carbocycles. The highest BCUT2D eigenvalue weighted by Gasteiger charge is 2.13. The van der Waals surface area contributed by atoms with Gasteiger partial charge in [-0.05, 0) is 41.8 Å². The van der Waals surface area contributed by atoms with Gasteiger partial charge >= 0.3 is 0 Å². The normalized spacial score (nSPS) is 11.6. The molecule has 22 heavy (non-hydrogen) atoms. The lowest BCUT2D eigenvalue weighted by Gasteiger charge is -2.11. The largest absolute Gasteiger partial charge is 0.399 e. The molecule has 0 saturated heterocycles. The maximum Gasteiger partial charge on any atom is 0.232 e. The molecule has 0 heterocycles. The Morgan fingerprint density at radius 1 is 1.14 bits per heavy atom. The summed E-state index contributed by atoms with van der Waals surface area (Å²) in [6.07, 6.45) is 0. The number of nitrogen functional groups attached to an aromatic ring is 1. The fourth-order valence-corrected chi connectivity index (χ4v) is 3.60. The van der Waals surface area contributed by atoms with Gasteiger partial charge in [0.1, 0.15) is 5.82 Å². The summed E-state index contributed by atoms with van der Waals surface area (Å²) >= 11 is 0. The van der Waals surface area contributed by atoms with Crippen molar-refractivity contribution in [3.63, 3.8) is 0 Å². The molecule has 0 aromatic heterocycles. The Kier molecular flexibility index (Phi) is 4.71. The van der Waals surface area contributed by atoms with Crippen LogP contribution in [0.4, 0.5) is 15.8 Å². The van der Waals surface area contributed by atoms with E-state index >= 15 is 0 Å². The van der Waals surface area contributed by atoms with Crippen LogP contribution in [-0.4, -0.2) is 14.2 Å². The first-order chi connectivity index (χ1) is 10.3. The molecule has 6 heteroatoms. The zero-order valence-corrected chi connectivity index (χ0v) is 13.3. The minimum atomic E-state index is -3.37. The van der Waals surface area contributed by atoms with E-state index in [1.165, 1.54) is 6.07 Å². The van der Waals surface area contributed by atoms with Gasteiger partial charge in [-0.3, -0.25) is 4.72 Å². The Balaban J connectivity index is 2.20. The fraction of sp³-hybridized carbons (Fsp3) is 0.250. The quantitative estimate of drug-likeness (QED) is 0.828. The number of halogens is 1. The molecule has 0 atom stereocenters. The lowest BCUT2D eigenvalue weighted by molar-refractivity contribution is 0.587. The van der Waals surface area contributed by atoms with E-state index in [9.17, 15) is 12.8 Å². The Bertz CT molecular complexity index is 756. The predicted octanol–water partition coefficient (Wildman–Crippen LogP) is 3.47. The Morgan fingerprint density at radius 2 is 1.77 bits per heavy atom. The Morgan fingerprint density at radius 3 is 2.32 bits per heavy atom. The monoisotopic (exact) mass is 322 g/mol. The minimum Gasteiger partial charge on any atom is -0.399 e. The molecular weight excluding hydrogens is 303 g/mol. The molecule has 0 radical (unpaired) electrons. The van der Waals surface area contributed by atoms with E-state index < -0.39 is 15.8 Å². The maximum atomic E-state index is 13.9. The molecule has 0 amide bonds. The first-order valence-electron chi connectivity index (χ1n) is 6.93. The van der Waals surface area contributed by atoms with E-state index in [1.54, 1.807) is 36.4 Å². The summed E-state index contributed by atoms with van der Waals surface area (Å²) in [5, 5.41) is 0. The third kappa shape index (κ3) is 4.21. The SMILES string of the molecule is CC(C)CS(=O)(=O)Nc1ccc(-c2ccc(N)cc2F)cc1. The van der Waals surface area contributed by atoms with Gasteiger partial charge < -0.3 is 5.73 Å². The maximum absolute atomic E-state index is 13.9. The molecule has 2 aromatic rings. The number of sulfonamides is 1. The van der Waals surface area contributed by atoms with Crippen LogP contribution in [0.3, 0.4) is 0 Å². The zero-order chi connectivity index (χ0) is 16.3. The Labute approximate surface area is 130 Å². The third-order valence-electron chi connectivity index (χ3n) is 3.02. The third-order valence-corrected chi connectivity index (χ3v) is 4.67. The van der Waals surface area contributed by atoms with Crippen molar-refractivity contribution in [1.82, 2.24) is 0 Å². The summed E-state index contributed by atoms with van der Waals surface area (Å²) in [7, 11) is -3.37. The second kappa shape index (κ2) is 6.36. The highest BCUT2D eigenvalue weighted by Crippen LogP contribution is 2.26. The van der Waals surface area contributed by atoms with Crippen molar-refractivity contribution < 1.29 is 12.8 Å². The zero-order valence-electron chi connectivity index (χ0n) is 12.5. The van der Waals surface area contributed by atoms with Crippen LogP contribution in [0.1, 0.15) is 13.8 Å². The number of anilines is 2. The average molecular weight is 322 g/mol. The molecule has 2 rings (SSSR count). The van der Waals surface area contributed by atoms with Crippen LogP contribution in [0.25, 0.3) is 11.1 Å². The topological polar surface area (TPSA) is 72.2 Å². The van der Waals surface area contributed by atoms with Gasteiger partial charge in [0.25, 0.3) is 0 Å². The molecule has 0 bridgehead atoms. The van der Waals surface area contributed by atoms with Gasteiger partial charge in [-0.15, -0.1) is 0 Å². The predicted molar refractivity (Wildman–Crippen MR) is 88.5 cm³/mol. The molecule has 118 valence electrons. The summed E-state index contributed by atoms with van der Waals surface area (Å²) < 4.78 is 40.1. The molecule has 0 fully saturated rings. The summed E-state index contributed by atoms with van der Waals surface area (Å²) in [6.45, 7) is 3.68. The van der Waals surface area contributed by atoms with Gasteiger partial charge in [-0.2, -0.15) is 0 Å². The molecule has 0 aliphatic rings. The van der Waals surface area contributed by atoms with Crippen LogP contribution in [-0.2, 0) is 10.0 Å². The molecule has 0 spiro atoms. The van der Waals surface area contributed by atoms with Crippen molar-refractivity contribution in [1.29, 1.82) is 0 Å². The lowest BCUT2D eigenvalue weighted by Crippen LogP contribution is -2.19. The number of hydrogen-bond acceptors (Lipinski definition) is 3. The van der Waals surface area contributed by atoms with E-state index in [2.05, 4.69) is 4.72 Å². The molecule has 4 nitrogen and oxygen atoms in total. The van der Waals surface area contributed by atoms with Gasteiger partial charge in [0.05, 0.1) is 5.75 Å². The number of benzene rings is 2. The van der Waals surface area contributed by atoms with Crippen molar-refractivity contribution in [3.8, 4) is 11.1 Å². The first-order valence-corrected chi connectivity index (χ1v) is 8.58. The molecule has 0 aliphatic heterocycles. The van der Waals surface area contributed by atoms with E-state index in [-0.39, 0.29) is 11.7 Å². The highest BCUT2D eigenvalue weighted by molar-refractivity contribution is 7.92. The van der Waals surface area contributed by atoms with Crippen LogP contribution >= 0.6 is 0 Å².